The Hall–Kier alpha value is -1.76. The molecule has 0 aliphatic carbocycles. The average Bonchev–Trinajstić information content (AvgIpc) is 3.23. The Morgan fingerprint density at radius 1 is 1.30 bits per heavy atom. The van der Waals surface area contributed by atoms with Crippen LogP contribution >= 0.6 is 22.7 Å². The predicted octanol–water partition coefficient (Wildman–Crippen LogP) is 4.87. The quantitative estimate of drug-likeness (QED) is 0.690. The second-order valence-corrected chi connectivity index (χ2v) is 6.79. The summed E-state index contributed by atoms with van der Waals surface area (Å²) in [5.41, 5.74) is 3.05. The second-order valence-electron chi connectivity index (χ2n) is 5.15. The minimum Gasteiger partial charge on any atom is -0.494 e. The molecule has 3 rings (SSSR count). The van der Waals surface area contributed by atoms with Gasteiger partial charge < -0.3 is 10.1 Å². The van der Waals surface area contributed by atoms with Crippen LogP contribution in [-0.2, 0) is 6.54 Å². The molecular weight excluding hydrogens is 331 g/mol. The minimum atomic E-state index is -0.341. The Balaban J connectivity index is 1.63. The van der Waals surface area contributed by atoms with Crippen molar-refractivity contribution < 1.29 is 9.13 Å². The SMILES string of the molecule is COc1ccc(C(C)NCc2csc(-c3ccsc3)n2)cc1F. The van der Waals surface area contributed by atoms with E-state index in [1.807, 2.05) is 13.0 Å². The molecule has 0 amide bonds. The summed E-state index contributed by atoms with van der Waals surface area (Å²) in [5, 5.41) is 10.6. The summed E-state index contributed by atoms with van der Waals surface area (Å²) in [7, 11) is 1.47. The average molecular weight is 348 g/mol. The van der Waals surface area contributed by atoms with Gasteiger partial charge in [-0.2, -0.15) is 11.3 Å². The predicted molar refractivity (Wildman–Crippen MR) is 93.6 cm³/mol. The van der Waals surface area contributed by atoms with Crippen molar-refractivity contribution in [1.29, 1.82) is 0 Å². The Labute approximate surface area is 142 Å². The maximum absolute atomic E-state index is 13.8. The van der Waals surface area contributed by atoms with Crippen molar-refractivity contribution in [3.8, 4) is 16.3 Å². The van der Waals surface area contributed by atoms with Crippen LogP contribution in [0.15, 0.2) is 40.4 Å². The monoisotopic (exact) mass is 348 g/mol. The van der Waals surface area contributed by atoms with Gasteiger partial charge in [0.05, 0.1) is 12.8 Å². The molecule has 1 unspecified atom stereocenters. The van der Waals surface area contributed by atoms with Gasteiger partial charge in [0, 0.05) is 28.9 Å². The van der Waals surface area contributed by atoms with E-state index in [2.05, 4.69) is 32.5 Å². The van der Waals surface area contributed by atoms with E-state index in [0.717, 1.165) is 21.8 Å². The fourth-order valence-electron chi connectivity index (χ4n) is 2.23. The zero-order valence-corrected chi connectivity index (χ0v) is 14.5. The zero-order valence-electron chi connectivity index (χ0n) is 12.9. The first-order chi connectivity index (χ1) is 11.2. The molecule has 23 heavy (non-hydrogen) atoms. The molecule has 0 aliphatic heterocycles. The molecule has 0 bridgehead atoms. The first kappa shape index (κ1) is 16.1. The second kappa shape index (κ2) is 7.21. The number of benzene rings is 1. The number of hydrogen-bond acceptors (Lipinski definition) is 5. The van der Waals surface area contributed by atoms with Crippen LogP contribution in [0, 0.1) is 5.82 Å². The van der Waals surface area contributed by atoms with Crippen molar-refractivity contribution >= 4 is 22.7 Å². The zero-order chi connectivity index (χ0) is 16.2. The maximum Gasteiger partial charge on any atom is 0.165 e. The molecule has 0 radical (unpaired) electrons. The van der Waals surface area contributed by atoms with E-state index in [9.17, 15) is 4.39 Å². The van der Waals surface area contributed by atoms with Crippen LogP contribution in [0.5, 0.6) is 5.75 Å². The third kappa shape index (κ3) is 3.77. The number of halogens is 1. The molecule has 6 heteroatoms. The highest BCUT2D eigenvalue weighted by molar-refractivity contribution is 7.14. The van der Waals surface area contributed by atoms with E-state index in [1.54, 1.807) is 28.7 Å². The lowest BCUT2D eigenvalue weighted by molar-refractivity contribution is 0.385. The van der Waals surface area contributed by atoms with Crippen LogP contribution in [0.4, 0.5) is 4.39 Å². The van der Waals surface area contributed by atoms with Crippen LogP contribution in [0.25, 0.3) is 10.6 Å². The first-order valence-electron chi connectivity index (χ1n) is 7.21. The highest BCUT2D eigenvalue weighted by Crippen LogP contribution is 2.26. The van der Waals surface area contributed by atoms with Crippen molar-refractivity contribution in [1.82, 2.24) is 10.3 Å². The van der Waals surface area contributed by atoms with Gasteiger partial charge in [-0.3, -0.25) is 0 Å². The number of nitrogens with zero attached hydrogens (tertiary/aromatic N) is 1. The Bertz CT molecular complexity index is 771. The molecule has 0 saturated heterocycles. The fourth-order valence-corrected chi connectivity index (χ4v) is 3.77. The maximum atomic E-state index is 13.8. The Morgan fingerprint density at radius 3 is 2.87 bits per heavy atom. The number of thiazole rings is 1. The molecule has 1 N–H and O–H groups in total. The molecular formula is C17H17FN2OS2. The molecule has 2 aromatic heterocycles. The number of thiophene rings is 1. The minimum absolute atomic E-state index is 0.0294. The normalized spacial score (nSPS) is 12.3. The first-order valence-corrected chi connectivity index (χ1v) is 9.03. The van der Waals surface area contributed by atoms with Gasteiger partial charge in [0.2, 0.25) is 0 Å². The molecule has 3 aromatic rings. The number of nitrogens with one attached hydrogen (secondary N) is 1. The van der Waals surface area contributed by atoms with E-state index >= 15 is 0 Å². The highest BCUT2D eigenvalue weighted by Gasteiger charge is 2.11. The molecule has 0 saturated carbocycles. The van der Waals surface area contributed by atoms with Gasteiger partial charge in [0.15, 0.2) is 11.6 Å². The van der Waals surface area contributed by atoms with Crippen molar-refractivity contribution in [3.63, 3.8) is 0 Å². The summed E-state index contributed by atoms with van der Waals surface area (Å²) in [4.78, 5) is 4.63. The van der Waals surface area contributed by atoms with E-state index in [1.165, 1.54) is 13.2 Å². The number of ether oxygens (including phenoxy) is 1. The number of aromatic nitrogens is 1. The van der Waals surface area contributed by atoms with Crippen LogP contribution in [0.3, 0.4) is 0 Å². The van der Waals surface area contributed by atoms with Crippen LogP contribution in [-0.4, -0.2) is 12.1 Å². The summed E-state index contributed by atoms with van der Waals surface area (Å²) in [6, 6.07) is 7.14. The van der Waals surface area contributed by atoms with Crippen molar-refractivity contribution in [2.75, 3.05) is 7.11 Å². The van der Waals surface area contributed by atoms with Crippen molar-refractivity contribution in [2.45, 2.75) is 19.5 Å². The lowest BCUT2D eigenvalue weighted by Crippen LogP contribution is -2.18. The molecule has 3 nitrogen and oxygen atoms in total. The topological polar surface area (TPSA) is 34.1 Å². The number of methoxy groups -OCH3 is 1. The van der Waals surface area contributed by atoms with Gasteiger partial charge in [-0.25, -0.2) is 9.37 Å². The molecule has 1 aromatic carbocycles. The van der Waals surface area contributed by atoms with Crippen LogP contribution in [0.2, 0.25) is 0 Å². The lowest BCUT2D eigenvalue weighted by atomic mass is 10.1. The van der Waals surface area contributed by atoms with Gasteiger partial charge in [-0.1, -0.05) is 6.07 Å². The highest BCUT2D eigenvalue weighted by atomic mass is 32.1. The lowest BCUT2D eigenvalue weighted by Gasteiger charge is -2.14. The van der Waals surface area contributed by atoms with E-state index in [-0.39, 0.29) is 17.6 Å². The third-order valence-corrected chi connectivity index (χ3v) is 5.21. The molecule has 2 heterocycles. The molecule has 0 aliphatic rings. The third-order valence-electron chi connectivity index (χ3n) is 3.59. The summed E-state index contributed by atoms with van der Waals surface area (Å²) < 4.78 is 18.7. The van der Waals surface area contributed by atoms with Crippen molar-refractivity contribution in [2.24, 2.45) is 0 Å². The summed E-state index contributed by atoms with van der Waals surface area (Å²) in [5.74, 6) is -0.0760. The molecule has 0 spiro atoms. The smallest absolute Gasteiger partial charge is 0.165 e. The van der Waals surface area contributed by atoms with Gasteiger partial charge in [-0.05, 0) is 36.1 Å². The molecule has 120 valence electrons. The largest absolute Gasteiger partial charge is 0.494 e. The molecule has 1 atom stereocenters. The Kier molecular flexibility index (Phi) is 5.05. The number of rotatable bonds is 6. The van der Waals surface area contributed by atoms with Gasteiger partial charge in [0.1, 0.15) is 5.01 Å². The van der Waals surface area contributed by atoms with E-state index in [4.69, 9.17) is 4.74 Å². The summed E-state index contributed by atoms with van der Waals surface area (Å²) in [6.45, 7) is 2.66. The van der Waals surface area contributed by atoms with E-state index < -0.39 is 0 Å². The van der Waals surface area contributed by atoms with Gasteiger partial charge >= 0.3 is 0 Å². The van der Waals surface area contributed by atoms with Crippen LogP contribution in [0.1, 0.15) is 24.2 Å². The standard InChI is InChI=1S/C17H17FN2OS2/c1-11(12-3-4-16(21-2)15(18)7-12)19-8-14-10-23-17(20-14)13-5-6-22-9-13/h3-7,9-11,19H,8H2,1-2H3. The molecule has 0 fully saturated rings. The van der Waals surface area contributed by atoms with Crippen molar-refractivity contribution in [3.05, 3.63) is 57.5 Å². The van der Waals surface area contributed by atoms with E-state index in [0.29, 0.717) is 6.54 Å². The number of hydrogen-bond donors (Lipinski definition) is 1. The Morgan fingerprint density at radius 2 is 2.17 bits per heavy atom. The summed E-state index contributed by atoms with van der Waals surface area (Å²) >= 11 is 3.31. The van der Waals surface area contributed by atoms with Crippen LogP contribution < -0.4 is 10.1 Å². The summed E-state index contributed by atoms with van der Waals surface area (Å²) in [6.07, 6.45) is 0. The van der Waals surface area contributed by atoms with Gasteiger partial charge in [-0.15, -0.1) is 11.3 Å². The van der Waals surface area contributed by atoms with Gasteiger partial charge in [0.25, 0.3) is 0 Å². The fraction of sp³-hybridized carbons (Fsp3) is 0.235.